The molecule has 2 atom stereocenters. The van der Waals surface area contributed by atoms with Crippen LogP contribution in [0.1, 0.15) is 48.7 Å². The van der Waals surface area contributed by atoms with Gasteiger partial charge in [0.2, 0.25) is 0 Å². The maximum atomic E-state index is 12.9. The van der Waals surface area contributed by atoms with Crippen molar-refractivity contribution < 1.29 is 9.21 Å². The van der Waals surface area contributed by atoms with Gasteiger partial charge in [0.1, 0.15) is 11.1 Å². The Morgan fingerprint density at radius 1 is 1.08 bits per heavy atom. The number of hydrogen-bond donors (Lipinski definition) is 1. The van der Waals surface area contributed by atoms with E-state index < -0.39 is 5.63 Å². The number of ketones is 1. The highest BCUT2D eigenvalue weighted by atomic mass is 16.4. The smallest absolute Gasteiger partial charge is 0.347 e. The second-order valence-electron chi connectivity index (χ2n) is 6.55. The summed E-state index contributed by atoms with van der Waals surface area (Å²) >= 11 is 0. The van der Waals surface area contributed by atoms with Gasteiger partial charge in [-0.05, 0) is 31.0 Å². The summed E-state index contributed by atoms with van der Waals surface area (Å²) in [6.07, 6.45) is 1.16. The summed E-state index contributed by atoms with van der Waals surface area (Å²) in [5.41, 5.74) is 1.05. The molecule has 4 nitrogen and oxygen atoms in total. The van der Waals surface area contributed by atoms with Crippen LogP contribution in [0.3, 0.4) is 0 Å². The van der Waals surface area contributed by atoms with Gasteiger partial charge in [-0.3, -0.25) is 4.79 Å². The van der Waals surface area contributed by atoms with E-state index in [1.165, 1.54) is 0 Å². The van der Waals surface area contributed by atoms with Crippen molar-refractivity contribution in [2.75, 3.05) is 0 Å². The molecule has 2 aromatic carbocycles. The summed E-state index contributed by atoms with van der Waals surface area (Å²) in [7, 11) is 0. The highest BCUT2D eigenvalue weighted by Gasteiger charge is 2.21. The molecule has 0 bridgehead atoms. The Hall–Kier alpha value is -2.72. The number of fused-ring (bicyclic) bond motifs is 1. The lowest BCUT2D eigenvalue weighted by Gasteiger charge is -2.22. The summed E-state index contributed by atoms with van der Waals surface area (Å²) in [6, 6.07) is 18.8. The minimum atomic E-state index is -0.580. The fraction of sp³-hybridized carbons (Fsp3) is 0.273. The van der Waals surface area contributed by atoms with Gasteiger partial charge >= 0.3 is 5.63 Å². The molecular weight excluding hydrogens is 326 g/mol. The average Bonchev–Trinajstić information content (AvgIpc) is 2.67. The zero-order valence-electron chi connectivity index (χ0n) is 15.1. The van der Waals surface area contributed by atoms with E-state index in [0.717, 1.165) is 17.4 Å². The highest BCUT2D eigenvalue weighted by Crippen LogP contribution is 2.21. The molecule has 4 heteroatoms. The van der Waals surface area contributed by atoms with E-state index in [2.05, 4.69) is 19.2 Å². The zero-order chi connectivity index (χ0) is 18.5. The van der Waals surface area contributed by atoms with Crippen LogP contribution in [0.25, 0.3) is 11.0 Å². The lowest BCUT2D eigenvalue weighted by molar-refractivity contribution is 0.0963. The third-order valence-corrected chi connectivity index (χ3v) is 4.63. The first-order valence-corrected chi connectivity index (χ1v) is 8.95. The lowest BCUT2D eigenvalue weighted by Crippen LogP contribution is -2.32. The molecule has 1 N–H and O–H groups in total. The Labute approximate surface area is 152 Å². The van der Waals surface area contributed by atoms with Crippen molar-refractivity contribution in [3.63, 3.8) is 0 Å². The molecule has 3 aromatic rings. The SMILES string of the molecule is CCC(C)NC(CC(=O)c1cc2ccccc2oc1=O)c1ccccc1. The molecule has 0 aliphatic heterocycles. The summed E-state index contributed by atoms with van der Waals surface area (Å²) in [5.74, 6) is -0.214. The quantitative estimate of drug-likeness (QED) is 0.504. The Morgan fingerprint density at radius 3 is 2.50 bits per heavy atom. The Balaban J connectivity index is 1.90. The van der Waals surface area contributed by atoms with Crippen LogP contribution in [0.4, 0.5) is 0 Å². The number of hydrogen-bond acceptors (Lipinski definition) is 4. The van der Waals surface area contributed by atoms with Crippen molar-refractivity contribution in [3.05, 3.63) is 82.2 Å². The van der Waals surface area contributed by atoms with Crippen LogP contribution in [0.15, 0.2) is 69.9 Å². The molecule has 0 saturated carbocycles. The zero-order valence-corrected chi connectivity index (χ0v) is 15.1. The standard InChI is InChI=1S/C22H23NO3/c1-3-15(2)23-19(16-9-5-4-6-10-16)14-20(24)18-13-17-11-7-8-12-21(17)26-22(18)25/h4-13,15,19,23H,3,14H2,1-2H3. The van der Waals surface area contributed by atoms with E-state index in [9.17, 15) is 9.59 Å². The second-order valence-corrected chi connectivity index (χ2v) is 6.55. The van der Waals surface area contributed by atoms with Crippen molar-refractivity contribution in [2.45, 2.75) is 38.8 Å². The second kappa shape index (κ2) is 8.11. The molecule has 2 unspecified atom stereocenters. The van der Waals surface area contributed by atoms with Gasteiger partial charge in [-0.15, -0.1) is 0 Å². The minimum Gasteiger partial charge on any atom is -0.422 e. The maximum Gasteiger partial charge on any atom is 0.347 e. The molecule has 0 spiro atoms. The van der Waals surface area contributed by atoms with Gasteiger partial charge in [-0.1, -0.05) is 55.5 Å². The van der Waals surface area contributed by atoms with Crippen molar-refractivity contribution >= 4 is 16.8 Å². The van der Waals surface area contributed by atoms with Crippen LogP contribution in [-0.4, -0.2) is 11.8 Å². The van der Waals surface area contributed by atoms with Gasteiger partial charge in [-0.25, -0.2) is 4.79 Å². The van der Waals surface area contributed by atoms with Gasteiger partial charge in [0.25, 0.3) is 0 Å². The van der Waals surface area contributed by atoms with E-state index in [1.807, 2.05) is 42.5 Å². The van der Waals surface area contributed by atoms with E-state index in [4.69, 9.17) is 4.42 Å². The van der Waals surface area contributed by atoms with Gasteiger partial charge < -0.3 is 9.73 Å². The molecule has 0 saturated heterocycles. The van der Waals surface area contributed by atoms with Crippen LogP contribution in [0.2, 0.25) is 0 Å². The number of para-hydroxylation sites is 1. The number of rotatable bonds is 7. The van der Waals surface area contributed by atoms with Crippen molar-refractivity contribution in [1.82, 2.24) is 5.32 Å². The first kappa shape index (κ1) is 18.1. The molecule has 26 heavy (non-hydrogen) atoms. The van der Waals surface area contributed by atoms with Gasteiger partial charge in [0, 0.05) is 23.9 Å². The van der Waals surface area contributed by atoms with Crippen molar-refractivity contribution in [1.29, 1.82) is 0 Å². The van der Waals surface area contributed by atoms with E-state index in [1.54, 1.807) is 18.2 Å². The molecule has 1 aromatic heterocycles. The fourth-order valence-electron chi connectivity index (χ4n) is 2.97. The third kappa shape index (κ3) is 4.09. The average molecular weight is 349 g/mol. The predicted molar refractivity (Wildman–Crippen MR) is 104 cm³/mol. The summed E-state index contributed by atoms with van der Waals surface area (Å²) in [6.45, 7) is 4.18. The Morgan fingerprint density at radius 2 is 1.77 bits per heavy atom. The van der Waals surface area contributed by atoms with Gasteiger partial charge in [0.05, 0.1) is 0 Å². The normalized spacial score (nSPS) is 13.5. The van der Waals surface area contributed by atoms with Crippen molar-refractivity contribution in [3.8, 4) is 0 Å². The third-order valence-electron chi connectivity index (χ3n) is 4.63. The van der Waals surface area contributed by atoms with Crippen LogP contribution >= 0.6 is 0 Å². The molecule has 0 amide bonds. The summed E-state index contributed by atoms with van der Waals surface area (Å²) in [5, 5.41) is 4.24. The summed E-state index contributed by atoms with van der Waals surface area (Å²) < 4.78 is 5.31. The Kier molecular flexibility index (Phi) is 5.64. The van der Waals surface area contributed by atoms with E-state index in [0.29, 0.717) is 5.58 Å². The first-order valence-electron chi connectivity index (χ1n) is 8.95. The van der Waals surface area contributed by atoms with E-state index in [-0.39, 0.29) is 29.9 Å². The minimum absolute atomic E-state index is 0.107. The maximum absolute atomic E-state index is 12.9. The summed E-state index contributed by atoms with van der Waals surface area (Å²) in [4.78, 5) is 25.1. The molecule has 0 radical (unpaired) electrons. The first-order chi connectivity index (χ1) is 12.6. The molecule has 0 aliphatic carbocycles. The molecule has 134 valence electrons. The van der Waals surface area contributed by atoms with Crippen LogP contribution in [-0.2, 0) is 0 Å². The number of nitrogens with one attached hydrogen (secondary N) is 1. The number of benzene rings is 2. The highest BCUT2D eigenvalue weighted by molar-refractivity contribution is 5.98. The number of carbonyl (C=O) groups excluding carboxylic acids is 1. The largest absolute Gasteiger partial charge is 0.422 e. The molecule has 0 fully saturated rings. The topological polar surface area (TPSA) is 59.3 Å². The van der Waals surface area contributed by atoms with Crippen LogP contribution in [0, 0.1) is 0 Å². The number of Topliss-reactive ketones (excluding diaryl/α,β-unsaturated/α-hetero) is 1. The molecule has 0 aliphatic rings. The van der Waals surface area contributed by atoms with Crippen molar-refractivity contribution in [2.24, 2.45) is 0 Å². The van der Waals surface area contributed by atoms with E-state index >= 15 is 0 Å². The fourth-order valence-corrected chi connectivity index (χ4v) is 2.97. The predicted octanol–water partition coefficient (Wildman–Crippen LogP) is 4.50. The molecular formula is C22H23NO3. The lowest BCUT2D eigenvalue weighted by atomic mass is 9.97. The Bertz CT molecular complexity index is 946. The van der Waals surface area contributed by atoms with Crippen LogP contribution in [0.5, 0.6) is 0 Å². The van der Waals surface area contributed by atoms with Crippen LogP contribution < -0.4 is 10.9 Å². The van der Waals surface area contributed by atoms with Gasteiger partial charge in [0.15, 0.2) is 5.78 Å². The monoisotopic (exact) mass is 349 g/mol. The molecule has 3 rings (SSSR count). The molecule has 1 heterocycles. The number of carbonyl (C=O) groups is 1. The van der Waals surface area contributed by atoms with Gasteiger partial charge in [-0.2, -0.15) is 0 Å².